The van der Waals surface area contributed by atoms with E-state index in [-0.39, 0.29) is 16.6 Å². The Hall–Kier alpha value is -3.15. The van der Waals surface area contributed by atoms with E-state index >= 15 is 0 Å². The molecule has 0 spiro atoms. The second-order valence-electron chi connectivity index (χ2n) is 8.70. The Balaban J connectivity index is 1.36. The Labute approximate surface area is 217 Å². The molecule has 4 aromatic rings. The Morgan fingerprint density at radius 3 is 2.72 bits per heavy atom. The number of methoxy groups -OCH3 is 1. The van der Waals surface area contributed by atoms with Crippen molar-refractivity contribution in [3.63, 3.8) is 0 Å². The quantitative estimate of drug-likeness (QED) is 0.338. The van der Waals surface area contributed by atoms with Crippen LogP contribution in [-0.2, 0) is 10.0 Å². The number of nitrogens with one attached hydrogen (secondary N) is 1. The molecular formula is C25H26BrN5O4S. The first-order chi connectivity index (χ1) is 17.4. The van der Waals surface area contributed by atoms with Crippen LogP contribution < -0.4 is 10.1 Å². The number of ether oxygens (including phenoxy) is 1. The fourth-order valence-corrected chi connectivity index (χ4v) is 6.35. The zero-order valence-electron chi connectivity index (χ0n) is 19.6. The van der Waals surface area contributed by atoms with Crippen molar-refractivity contribution in [3.8, 4) is 22.8 Å². The van der Waals surface area contributed by atoms with Crippen LogP contribution in [-0.4, -0.2) is 59.2 Å². The lowest BCUT2D eigenvalue weighted by Crippen LogP contribution is -2.41. The number of rotatable bonds is 7. The van der Waals surface area contributed by atoms with Crippen molar-refractivity contribution in [2.75, 3.05) is 32.1 Å². The normalized spacial score (nSPS) is 16.8. The summed E-state index contributed by atoms with van der Waals surface area (Å²) in [6, 6.07) is 15.4. The predicted molar refractivity (Wildman–Crippen MR) is 141 cm³/mol. The van der Waals surface area contributed by atoms with Gasteiger partial charge in [-0.1, -0.05) is 12.1 Å². The number of para-hydroxylation sites is 1. The van der Waals surface area contributed by atoms with Gasteiger partial charge in [0.1, 0.15) is 17.3 Å². The largest absolute Gasteiger partial charge is 0.507 e. The van der Waals surface area contributed by atoms with Crippen LogP contribution in [0.15, 0.2) is 70.2 Å². The van der Waals surface area contributed by atoms with Gasteiger partial charge in [0.15, 0.2) is 5.65 Å². The van der Waals surface area contributed by atoms with Crippen molar-refractivity contribution in [1.29, 1.82) is 0 Å². The van der Waals surface area contributed by atoms with Crippen molar-refractivity contribution >= 4 is 37.4 Å². The third-order valence-corrected chi connectivity index (χ3v) is 8.80. The highest BCUT2D eigenvalue weighted by Gasteiger charge is 2.30. The van der Waals surface area contributed by atoms with Crippen molar-refractivity contribution in [3.05, 3.63) is 65.3 Å². The molecule has 0 amide bonds. The highest BCUT2D eigenvalue weighted by Crippen LogP contribution is 2.31. The molecule has 9 nitrogen and oxygen atoms in total. The first-order valence-electron chi connectivity index (χ1n) is 11.6. The highest BCUT2D eigenvalue weighted by molar-refractivity contribution is 9.10. The molecule has 188 valence electrons. The standard InChI is InChI=1S/C25H26BrN5O4S/c1-35-18-8-10-19(11-9-18)36(33,34)30-12-4-5-17(16-30)14-27-24-13-22(20-6-2-3-7-23(20)32)29-25-21(26)15-28-31(24)25/h2-3,6-11,13,15,17,27,32H,4-5,12,14,16H2,1H3. The number of anilines is 1. The van der Waals surface area contributed by atoms with E-state index in [1.54, 1.807) is 58.5 Å². The third-order valence-electron chi connectivity index (χ3n) is 6.36. The number of nitrogens with zero attached hydrogens (tertiary/aromatic N) is 4. The minimum atomic E-state index is -3.59. The van der Waals surface area contributed by atoms with Crippen LogP contribution in [0.4, 0.5) is 5.82 Å². The summed E-state index contributed by atoms with van der Waals surface area (Å²) in [5, 5.41) is 18.2. The number of phenolic OH excluding ortho intramolecular Hbond substituents is 1. The molecule has 1 atom stereocenters. The second kappa shape index (κ2) is 10.1. The van der Waals surface area contributed by atoms with Crippen LogP contribution in [0.5, 0.6) is 11.5 Å². The molecule has 2 N–H and O–H groups in total. The molecule has 0 radical (unpaired) electrons. The zero-order valence-corrected chi connectivity index (χ0v) is 22.0. The molecule has 3 heterocycles. The minimum absolute atomic E-state index is 0.113. The molecular weight excluding hydrogens is 546 g/mol. The van der Waals surface area contributed by atoms with E-state index in [4.69, 9.17) is 4.74 Å². The molecule has 1 aliphatic heterocycles. The van der Waals surface area contributed by atoms with Crippen molar-refractivity contribution < 1.29 is 18.3 Å². The molecule has 1 aliphatic rings. The van der Waals surface area contributed by atoms with Gasteiger partial charge >= 0.3 is 0 Å². The van der Waals surface area contributed by atoms with Gasteiger partial charge in [-0.25, -0.2) is 13.4 Å². The van der Waals surface area contributed by atoms with Gasteiger partial charge in [-0.3, -0.25) is 0 Å². The number of hydrogen-bond donors (Lipinski definition) is 2. The number of phenols is 1. The molecule has 0 saturated carbocycles. The molecule has 2 aromatic carbocycles. The van der Waals surface area contributed by atoms with E-state index in [1.165, 1.54) is 0 Å². The summed E-state index contributed by atoms with van der Waals surface area (Å²) in [5.74, 6) is 1.58. The zero-order chi connectivity index (χ0) is 25.3. The van der Waals surface area contributed by atoms with Crippen molar-refractivity contribution in [2.24, 2.45) is 5.92 Å². The summed E-state index contributed by atoms with van der Waals surface area (Å²) in [5.41, 5.74) is 1.84. The van der Waals surface area contributed by atoms with E-state index < -0.39 is 10.0 Å². The molecule has 1 fully saturated rings. The average Bonchev–Trinajstić information content (AvgIpc) is 3.28. The molecule has 2 aromatic heterocycles. The number of fused-ring (bicyclic) bond motifs is 1. The molecule has 1 unspecified atom stereocenters. The molecule has 0 bridgehead atoms. The first kappa shape index (κ1) is 24.5. The Morgan fingerprint density at radius 1 is 1.19 bits per heavy atom. The maximum Gasteiger partial charge on any atom is 0.243 e. The molecule has 36 heavy (non-hydrogen) atoms. The lowest BCUT2D eigenvalue weighted by molar-refractivity contribution is 0.275. The number of benzene rings is 2. The van der Waals surface area contributed by atoms with Gasteiger partial charge in [0.05, 0.1) is 28.4 Å². The minimum Gasteiger partial charge on any atom is -0.507 e. The monoisotopic (exact) mass is 571 g/mol. The lowest BCUT2D eigenvalue weighted by Gasteiger charge is -2.32. The van der Waals surface area contributed by atoms with E-state index in [9.17, 15) is 13.5 Å². The van der Waals surface area contributed by atoms with Gasteiger partial charge in [-0.15, -0.1) is 0 Å². The van der Waals surface area contributed by atoms with Crippen molar-refractivity contribution in [1.82, 2.24) is 18.9 Å². The van der Waals surface area contributed by atoms with E-state index in [1.807, 2.05) is 18.2 Å². The summed E-state index contributed by atoms with van der Waals surface area (Å²) in [6.07, 6.45) is 3.36. The van der Waals surface area contributed by atoms with Gasteiger partial charge in [0, 0.05) is 31.3 Å². The topological polar surface area (TPSA) is 109 Å². The molecule has 0 aliphatic carbocycles. The second-order valence-corrected chi connectivity index (χ2v) is 11.5. The Kier molecular flexibility index (Phi) is 6.87. The summed E-state index contributed by atoms with van der Waals surface area (Å²) < 4.78 is 35.6. The van der Waals surface area contributed by atoms with Gasteiger partial charge in [-0.2, -0.15) is 13.9 Å². The average molecular weight is 572 g/mol. The Morgan fingerprint density at radius 2 is 1.97 bits per heavy atom. The smallest absolute Gasteiger partial charge is 0.243 e. The van der Waals surface area contributed by atoms with Gasteiger partial charge in [0.2, 0.25) is 10.0 Å². The molecule has 1 saturated heterocycles. The predicted octanol–water partition coefficient (Wildman–Crippen LogP) is 4.39. The fourth-order valence-electron chi connectivity index (χ4n) is 4.45. The summed E-state index contributed by atoms with van der Waals surface area (Å²) in [7, 11) is -2.04. The van der Waals surface area contributed by atoms with Gasteiger partial charge in [-0.05, 0) is 71.1 Å². The molecule has 11 heteroatoms. The fraction of sp³-hybridized carbons (Fsp3) is 0.280. The van der Waals surface area contributed by atoms with Crippen LogP contribution >= 0.6 is 15.9 Å². The summed E-state index contributed by atoms with van der Waals surface area (Å²) >= 11 is 3.50. The van der Waals surface area contributed by atoms with Gasteiger partial charge in [0.25, 0.3) is 0 Å². The van der Waals surface area contributed by atoms with E-state index in [0.717, 1.165) is 17.3 Å². The lowest BCUT2D eigenvalue weighted by atomic mass is 10.00. The molecule has 5 rings (SSSR count). The first-order valence-corrected chi connectivity index (χ1v) is 13.8. The maximum absolute atomic E-state index is 13.2. The summed E-state index contributed by atoms with van der Waals surface area (Å²) in [4.78, 5) is 4.93. The third kappa shape index (κ3) is 4.78. The van der Waals surface area contributed by atoms with Crippen LogP contribution in [0.1, 0.15) is 12.8 Å². The highest BCUT2D eigenvalue weighted by atomic mass is 79.9. The maximum atomic E-state index is 13.2. The van der Waals surface area contributed by atoms with E-state index in [2.05, 4.69) is 31.3 Å². The van der Waals surface area contributed by atoms with Crippen LogP contribution in [0.25, 0.3) is 16.9 Å². The van der Waals surface area contributed by atoms with Crippen molar-refractivity contribution in [2.45, 2.75) is 17.7 Å². The number of piperidine rings is 1. The summed E-state index contributed by atoms with van der Waals surface area (Å²) in [6.45, 7) is 1.48. The number of aromatic nitrogens is 3. The SMILES string of the molecule is COc1ccc(S(=O)(=O)N2CCCC(CNc3cc(-c4ccccc4O)nc4c(Br)cnn34)C2)cc1. The van der Waals surface area contributed by atoms with Crippen LogP contribution in [0, 0.1) is 5.92 Å². The number of hydrogen-bond acceptors (Lipinski definition) is 7. The Bertz CT molecular complexity index is 1490. The van der Waals surface area contributed by atoms with Crippen LogP contribution in [0.3, 0.4) is 0 Å². The van der Waals surface area contributed by atoms with Crippen LogP contribution in [0.2, 0.25) is 0 Å². The number of aromatic hydroxyl groups is 1. The van der Waals surface area contributed by atoms with E-state index in [0.29, 0.717) is 48.1 Å². The number of sulfonamides is 1. The number of halogens is 1. The van der Waals surface area contributed by atoms with Gasteiger partial charge < -0.3 is 15.2 Å².